The zero-order chi connectivity index (χ0) is 12.7. The van der Waals surface area contributed by atoms with Crippen LogP contribution in [-0.2, 0) is 0 Å². The van der Waals surface area contributed by atoms with Crippen molar-refractivity contribution >= 4 is 11.8 Å². The van der Waals surface area contributed by atoms with Gasteiger partial charge in [-0.15, -0.1) is 0 Å². The second-order valence-electron chi connectivity index (χ2n) is 4.62. The minimum absolute atomic E-state index is 0.0295. The maximum Gasteiger partial charge on any atom is 0.389 e. The number of alkyl halides is 3. The van der Waals surface area contributed by atoms with Crippen LogP contribution in [0.4, 0.5) is 13.2 Å². The summed E-state index contributed by atoms with van der Waals surface area (Å²) in [5.41, 5.74) is 0. The molecule has 5 heteroatoms. The van der Waals surface area contributed by atoms with E-state index in [1.54, 1.807) is 0 Å². The van der Waals surface area contributed by atoms with Crippen molar-refractivity contribution in [3.05, 3.63) is 0 Å². The predicted molar refractivity (Wildman–Crippen MR) is 67.5 cm³/mol. The van der Waals surface area contributed by atoms with E-state index < -0.39 is 12.6 Å². The zero-order valence-corrected chi connectivity index (χ0v) is 11.2. The Kier molecular flexibility index (Phi) is 6.70. The second-order valence-corrected chi connectivity index (χ2v) is 5.97. The van der Waals surface area contributed by atoms with Gasteiger partial charge < -0.3 is 5.32 Å². The average molecular weight is 269 g/mol. The Morgan fingerprint density at radius 3 is 2.65 bits per heavy atom. The first-order valence-corrected chi connectivity index (χ1v) is 7.49. The summed E-state index contributed by atoms with van der Waals surface area (Å²) in [7, 11) is 0. The summed E-state index contributed by atoms with van der Waals surface area (Å²) >= 11 is 1.84. The molecule has 1 nitrogen and oxygen atoms in total. The predicted octanol–water partition coefficient (Wildman–Crippen LogP) is 3.98. The highest BCUT2D eigenvalue weighted by Gasteiger charge is 2.31. The number of nitrogens with one attached hydrogen (secondary N) is 1. The van der Waals surface area contributed by atoms with Gasteiger partial charge in [0, 0.05) is 17.7 Å². The van der Waals surface area contributed by atoms with E-state index in [1.165, 1.54) is 6.42 Å². The van der Waals surface area contributed by atoms with Gasteiger partial charge >= 0.3 is 6.18 Å². The molecule has 1 aliphatic rings. The van der Waals surface area contributed by atoms with Crippen molar-refractivity contribution in [2.24, 2.45) is 0 Å². The molecule has 1 heterocycles. The van der Waals surface area contributed by atoms with Crippen LogP contribution in [-0.4, -0.2) is 29.8 Å². The van der Waals surface area contributed by atoms with Crippen molar-refractivity contribution in [3.63, 3.8) is 0 Å². The van der Waals surface area contributed by atoms with Crippen LogP contribution in [0.25, 0.3) is 0 Å². The normalized spacial score (nSPS) is 23.6. The minimum Gasteiger partial charge on any atom is -0.313 e. The van der Waals surface area contributed by atoms with Crippen LogP contribution in [0.2, 0.25) is 0 Å². The first kappa shape index (κ1) is 15.2. The molecule has 102 valence electrons. The van der Waals surface area contributed by atoms with Crippen LogP contribution in [0, 0.1) is 0 Å². The second kappa shape index (κ2) is 7.52. The van der Waals surface area contributed by atoms with E-state index >= 15 is 0 Å². The van der Waals surface area contributed by atoms with E-state index in [2.05, 4.69) is 5.32 Å². The lowest BCUT2D eigenvalue weighted by molar-refractivity contribution is -0.136. The van der Waals surface area contributed by atoms with Crippen molar-refractivity contribution in [2.75, 3.05) is 12.3 Å². The SMILES string of the molecule is CCCNC(CCC(F)(F)F)C1CCCCS1. The number of thioether (sulfide) groups is 1. The van der Waals surface area contributed by atoms with E-state index in [4.69, 9.17) is 0 Å². The smallest absolute Gasteiger partial charge is 0.313 e. The highest BCUT2D eigenvalue weighted by Crippen LogP contribution is 2.31. The molecular weight excluding hydrogens is 247 g/mol. The third-order valence-corrected chi connectivity index (χ3v) is 4.58. The molecule has 0 aliphatic carbocycles. The lowest BCUT2D eigenvalue weighted by Gasteiger charge is -2.31. The standard InChI is InChI=1S/C12H22F3NS/c1-2-8-16-10(6-7-12(13,14)15)11-5-3-4-9-17-11/h10-11,16H,2-9H2,1H3. The summed E-state index contributed by atoms with van der Waals surface area (Å²) in [6.07, 6.45) is -0.0587. The molecule has 1 rings (SSSR count). The maximum atomic E-state index is 12.3. The van der Waals surface area contributed by atoms with Crippen molar-refractivity contribution < 1.29 is 13.2 Å². The monoisotopic (exact) mass is 269 g/mol. The molecule has 1 N–H and O–H groups in total. The topological polar surface area (TPSA) is 12.0 Å². The van der Waals surface area contributed by atoms with Crippen LogP contribution in [0.15, 0.2) is 0 Å². The molecule has 1 fully saturated rings. The Balaban J connectivity index is 2.40. The summed E-state index contributed by atoms with van der Waals surface area (Å²) < 4.78 is 36.8. The van der Waals surface area contributed by atoms with E-state index in [0.717, 1.165) is 31.6 Å². The number of hydrogen-bond donors (Lipinski definition) is 1. The number of hydrogen-bond acceptors (Lipinski definition) is 2. The van der Waals surface area contributed by atoms with Crippen LogP contribution in [0.3, 0.4) is 0 Å². The van der Waals surface area contributed by atoms with Crippen LogP contribution in [0.1, 0.15) is 45.4 Å². The van der Waals surface area contributed by atoms with Crippen LogP contribution < -0.4 is 5.32 Å². The summed E-state index contributed by atoms with van der Waals surface area (Å²) in [5, 5.41) is 3.66. The molecule has 2 atom stereocenters. The van der Waals surface area contributed by atoms with Gasteiger partial charge in [-0.05, 0) is 38.0 Å². The van der Waals surface area contributed by atoms with Crippen molar-refractivity contribution in [2.45, 2.75) is 62.9 Å². The fraction of sp³-hybridized carbons (Fsp3) is 1.00. The highest BCUT2D eigenvalue weighted by atomic mass is 32.2. The summed E-state index contributed by atoms with van der Waals surface area (Å²) in [5.74, 6) is 1.10. The molecule has 0 spiro atoms. The van der Waals surface area contributed by atoms with Gasteiger partial charge in [0.1, 0.15) is 0 Å². The van der Waals surface area contributed by atoms with Gasteiger partial charge in [0.25, 0.3) is 0 Å². The maximum absolute atomic E-state index is 12.3. The average Bonchev–Trinajstić information content (AvgIpc) is 2.29. The third kappa shape index (κ3) is 6.55. The van der Waals surface area contributed by atoms with Gasteiger partial charge in [-0.25, -0.2) is 0 Å². The van der Waals surface area contributed by atoms with Crippen molar-refractivity contribution in [3.8, 4) is 0 Å². The Morgan fingerprint density at radius 1 is 1.35 bits per heavy atom. The number of rotatable bonds is 6. The largest absolute Gasteiger partial charge is 0.389 e. The quantitative estimate of drug-likeness (QED) is 0.782. The van der Waals surface area contributed by atoms with Crippen LogP contribution >= 0.6 is 11.8 Å². The molecular formula is C12H22F3NS. The Labute approximate surface area is 106 Å². The summed E-state index contributed by atoms with van der Waals surface area (Å²) in [6.45, 7) is 2.86. The van der Waals surface area contributed by atoms with Crippen LogP contribution in [0.5, 0.6) is 0 Å². The molecule has 0 aromatic rings. The number of halogens is 3. The summed E-state index contributed by atoms with van der Waals surface area (Å²) in [4.78, 5) is 0. The van der Waals surface area contributed by atoms with E-state index in [-0.39, 0.29) is 12.5 Å². The van der Waals surface area contributed by atoms with Gasteiger partial charge in [0.15, 0.2) is 0 Å². The molecule has 1 saturated heterocycles. The molecule has 2 unspecified atom stereocenters. The molecule has 0 aromatic heterocycles. The van der Waals surface area contributed by atoms with Gasteiger partial charge in [0.2, 0.25) is 0 Å². The molecule has 0 radical (unpaired) electrons. The molecule has 0 aromatic carbocycles. The molecule has 0 amide bonds. The Bertz CT molecular complexity index is 202. The molecule has 0 saturated carbocycles. The molecule has 1 aliphatic heterocycles. The Morgan fingerprint density at radius 2 is 2.12 bits per heavy atom. The molecule has 0 bridgehead atoms. The van der Waals surface area contributed by atoms with Gasteiger partial charge in [-0.3, -0.25) is 0 Å². The lowest BCUT2D eigenvalue weighted by Crippen LogP contribution is -2.40. The minimum atomic E-state index is -4.02. The van der Waals surface area contributed by atoms with Gasteiger partial charge in [-0.1, -0.05) is 13.3 Å². The third-order valence-electron chi connectivity index (χ3n) is 3.06. The zero-order valence-electron chi connectivity index (χ0n) is 10.4. The Hall–Kier alpha value is 0.100. The van der Waals surface area contributed by atoms with Crippen molar-refractivity contribution in [1.29, 1.82) is 0 Å². The first-order chi connectivity index (χ1) is 8.03. The van der Waals surface area contributed by atoms with E-state index in [1.807, 2.05) is 18.7 Å². The van der Waals surface area contributed by atoms with Gasteiger partial charge in [-0.2, -0.15) is 24.9 Å². The first-order valence-electron chi connectivity index (χ1n) is 6.44. The molecule has 17 heavy (non-hydrogen) atoms. The summed E-state index contributed by atoms with van der Waals surface area (Å²) in [6, 6.07) is 0.0295. The fourth-order valence-electron chi connectivity index (χ4n) is 2.15. The van der Waals surface area contributed by atoms with E-state index in [9.17, 15) is 13.2 Å². The van der Waals surface area contributed by atoms with Crippen molar-refractivity contribution in [1.82, 2.24) is 5.32 Å². The highest BCUT2D eigenvalue weighted by molar-refractivity contribution is 8.00. The van der Waals surface area contributed by atoms with E-state index in [0.29, 0.717) is 5.25 Å². The van der Waals surface area contributed by atoms with Gasteiger partial charge in [0.05, 0.1) is 0 Å². The fourth-order valence-corrected chi connectivity index (χ4v) is 3.62. The lowest BCUT2D eigenvalue weighted by atomic mass is 10.0.